The van der Waals surface area contributed by atoms with Crippen LogP contribution in [0.4, 0.5) is 11.4 Å². The van der Waals surface area contributed by atoms with E-state index < -0.39 is 23.8 Å². The molecule has 4 rings (SSSR count). The van der Waals surface area contributed by atoms with Gasteiger partial charge in [0, 0.05) is 5.69 Å². The Hall–Kier alpha value is -4.43. The lowest BCUT2D eigenvalue weighted by Crippen LogP contribution is -2.33. The molecule has 1 aliphatic heterocycles. The van der Waals surface area contributed by atoms with Crippen molar-refractivity contribution in [3.05, 3.63) is 100 Å². The second kappa shape index (κ2) is 10.5. The average Bonchev–Trinajstić information content (AvgIpc) is 3.11. The smallest absolute Gasteiger partial charge is 0.343 e. The van der Waals surface area contributed by atoms with Gasteiger partial charge in [-0.3, -0.25) is 9.59 Å². The van der Waals surface area contributed by atoms with Crippen LogP contribution in [0.25, 0.3) is 0 Å². The molecule has 36 heavy (non-hydrogen) atoms. The van der Waals surface area contributed by atoms with E-state index in [4.69, 9.17) is 21.1 Å². The Kier molecular flexibility index (Phi) is 7.17. The summed E-state index contributed by atoms with van der Waals surface area (Å²) in [7, 11) is 1.20. The van der Waals surface area contributed by atoms with Gasteiger partial charge in [0.2, 0.25) is 0 Å². The molecule has 0 bridgehead atoms. The number of methoxy groups -OCH3 is 1. The molecule has 0 saturated carbocycles. The summed E-state index contributed by atoms with van der Waals surface area (Å²) in [6, 6.07) is 19.5. The van der Waals surface area contributed by atoms with E-state index in [2.05, 4.69) is 5.32 Å². The van der Waals surface area contributed by atoms with Gasteiger partial charge in [-0.25, -0.2) is 14.5 Å². The number of ether oxygens (including phenoxy) is 2. The number of nitrogens with zero attached hydrogens (tertiary/aromatic N) is 1. The number of para-hydroxylation sites is 1. The van der Waals surface area contributed by atoms with E-state index in [-0.39, 0.29) is 22.0 Å². The predicted octanol–water partition coefficient (Wildman–Crippen LogP) is 4.69. The summed E-state index contributed by atoms with van der Waals surface area (Å²) in [6.45, 7) is 2.01. The van der Waals surface area contributed by atoms with Crippen LogP contribution in [0.5, 0.6) is 5.75 Å². The number of carbonyl (C=O) groups excluding carboxylic acids is 4. The lowest BCUT2D eigenvalue weighted by molar-refractivity contribution is -0.120. The summed E-state index contributed by atoms with van der Waals surface area (Å²) in [5.74, 6) is -2.31. The Morgan fingerprint density at radius 2 is 1.64 bits per heavy atom. The number of nitrogens with one attached hydrogen (secondary N) is 1. The van der Waals surface area contributed by atoms with E-state index in [1.807, 2.05) is 19.1 Å². The monoisotopic (exact) mass is 504 g/mol. The molecule has 1 aliphatic rings. The molecule has 1 N–H and O–H groups in total. The summed E-state index contributed by atoms with van der Waals surface area (Å²) in [6.07, 6.45) is 0.817. The lowest BCUT2D eigenvalue weighted by atomic mass is 10.1. The third-order valence-electron chi connectivity index (χ3n) is 5.48. The van der Waals surface area contributed by atoms with Crippen molar-refractivity contribution in [1.82, 2.24) is 0 Å². The van der Waals surface area contributed by atoms with Gasteiger partial charge < -0.3 is 14.8 Å². The van der Waals surface area contributed by atoms with Crippen molar-refractivity contribution in [3.63, 3.8) is 0 Å². The zero-order chi connectivity index (χ0) is 25.8. The average molecular weight is 505 g/mol. The molecule has 0 unspecified atom stereocenters. The molecule has 0 aromatic heterocycles. The quantitative estimate of drug-likeness (QED) is 0.283. The fourth-order valence-electron chi connectivity index (χ4n) is 3.61. The SMILES string of the molecule is CCc1cccc(OC(=O)c2ccc(NC3=C(Cl)C(=O)N(c4ccccc4C(=O)OC)C3=O)cc2)c1. The number of carbonyl (C=O) groups is 4. The van der Waals surface area contributed by atoms with Crippen LogP contribution in [0.3, 0.4) is 0 Å². The van der Waals surface area contributed by atoms with Gasteiger partial charge in [0.05, 0.1) is 23.9 Å². The van der Waals surface area contributed by atoms with Crippen LogP contribution in [0, 0.1) is 0 Å². The molecular formula is C27H21ClN2O6. The fourth-order valence-corrected chi connectivity index (χ4v) is 3.82. The molecule has 0 aliphatic carbocycles. The second-order valence-electron chi connectivity index (χ2n) is 7.74. The number of esters is 2. The van der Waals surface area contributed by atoms with Crippen molar-refractivity contribution in [2.75, 3.05) is 17.3 Å². The first kappa shape index (κ1) is 24.7. The summed E-state index contributed by atoms with van der Waals surface area (Å²) >= 11 is 6.20. The number of aryl methyl sites for hydroxylation is 1. The minimum atomic E-state index is -0.782. The topological polar surface area (TPSA) is 102 Å². The standard InChI is InChI=1S/C27H21ClN2O6/c1-3-16-7-6-8-19(15-16)36-26(33)17-11-13-18(14-12-17)29-23-22(28)24(31)30(25(23)32)21-10-5-4-9-20(21)27(34)35-2/h4-15,29H,3H2,1-2H3. The van der Waals surface area contributed by atoms with Gasteiger partial charge in [-0.2, -0.15) is 0 Å². The number of rotatable bonds is 7. The van der Waals surface area contributed by atoms with E-state index in [0.717, 1.165) is 16.9 Å². The van der Waals surface area contributed by atoms with Gasteiger partial charge in [-0.15, -0.1) is 0 Å². The molecular weight excluding hydrogens is 484 g/mol. The number of benzene rings is 3. The number of imide groups is 1. The van der Waals surface area contributed by atoms with E-state index in [9.17, 15) is 19.2 Å². The summed E-state index contributed by atoms with van der Waals surface area (Å²) in [5.41, 5.74) is 1.69. The minimum absolute atomic E-state index is 0.0414. The van der Waals surface area contributed by atoms with Gasteiger partial charge in [-0.1, -0.05) is 42.8 Å². The van der Waals surface area contributed by atoms with E-state index in [0.29, 0.717) is 17.0 Å². The largest absolute Gasteiger partial charge is 0.465 e. The van der Waals surface area contributed by atoms with Crippen molar-refractivity contribution < 1.29 is 28.7 Å². The van der Waals surface area contributed by atoms with E-state index in [1.54, 1.807) is 36.4 Å². The van der Waals surface area contributed by atoms with E-state index >= 15 is 0 Å². The van der Waals surface area contributed by atoms with Gasteiger partial charge >= 0.3 is 11.9 Å². The van der Waals surface area contributed by atoms with Crippen LogP contribution < -0.4 is 15.0 Å². The van der Waals surface area contributed by atoms with E-state index in [1.165, 1.54) is 31.4 Å². The highest BCUT2D eigenvalue weighted by Crippen LogP contribution is 2.32. The molecule has 182 valence electrons. The molecule has 0 atom stereocenters. The van der Waals surface area contributed by atoms with Crippen LogP contribution in [-0.2, 0) is 20.7 Å². The Bertz CT molecular complexity index is 1400. The predicted molar refractivity (Wildman–Crippen MR) is 134 cm³/mol. The summed E-state index contributed by atoms with van der Waals surface area (Å²) in [4.78, 5) is 51.3. The summed E-state index contributed by atoms with van der Waals surface area (Å²) in [5, 5.41) is 2.50. The first-order chi connectivity index (χ1) is 17.3. The lowest BCUT2D eigenvalue weighted by Gasteiger charge is -2.17. The second-order valence-corrected chi connectivity index (χ2v) is 8.11. The van der Waals surface area contributed by atoms with Crippen LogP contribution >= 0.6 is 11.6 Å². The number of amides is 2. The first-order valence-electron chi connectivity index (χ1n) is 11.0. The van der Waals surface area contributed by atoms with Crippen LogP contribution in [0.1, 0.15) is 33.2 Å². The Labute approximate surface area is 212 Å². The van der Waals surface area contributed by atoms with Crippen LogP contribution in [0.2, 0.25) is 0 Å². The first-order valence-corrected chi connectivity index (χ1v) is 11.4. The maximum atomic E-state index is 13.1. The summed E-state index contributed by atoms with van der Waals surface area (Å²) < 4.78 is 10.2. The van der Waals surface area contributed by atoms with Gasteiger partial charge in [-0.05, 0) is 60.5 Å². The molecule has 0 saturated heterocycles. The van der Waals surface area contributed by atoms with Crippen molar-refractivity contribution in [2.24, 2.45) is 0 Å². The highest BCUT2D eigenvalue weighted by atomic mass is 35.5. The molecule has 0 spiro atoms. The maximum absolute atomic E-state index is 13.1. The minimum Gasteiger partial charge on any atom is -0.465 e. The van der Waals surface area contributed by atoms with Crippen LogP contribution in [-0.4, -0.2) is 30.9 Å². The third-order valence-corrected chi connectivity index (χ3v) is 5.84. The molecule has 8 nitrogen and oxygen atoms in total. The Morgan fingerprint density at radius 1 is 0.917 bits per heavy atom. The molecule has 3 aromatic rings. The number of hydrogen-bond donors (Lipinski definition) is 1. The highest BCUT2D eigenvalue weighted by Gasteiger charge is 2.40. The molecule has 0 radical (unpaired) electrons. The fraction of sp³-hybridized carbons (Fsp3) is 0.111. The maximum Gasteiger partial charge on any atom is 0.343 e. The van der Waals surface area contributed by atoms with Gasteiger partial charge in [0.1, 0.15) is 16.5 Å². The number of anilines is 2. The van der Waals surface area contributed by atoms with Crippen molar-refractivity contribution in [3.8, 4) is 5.75 Å². The number of hydrogen-bond acceptors (Lipinski definition) is 7. The number of halogens is 1. The van der Waals surface area contributed by atoms with Crippen LogP contribution in [0.15, 0.2) is 83.5 Å². The normalized spacial score (nSPS) is 13.1. The molecule has 0 fully saturated rings. The zero-order valence-electron chi connectivity index (χ0n) is 19.4. The molecule has 3 aromatic carbocycles. The zero-order valence-corrected chi connectivity index (χ0v) is 20.2. The van der Waals surface area contributed by atoms with Gasteiger partial charge in [0.15, 0.2) is 0 Å². The third kappa shape index (κ3) is 4.85. The van der Waals surface area contributed by atoms with Crippen molar-refractivity contribution in [2.45, 2.75) is 13.3 Å². The molecule has 9 heteroatoms. The Morgan fingerprint density at radius 3 is 2.33 bits per heavy atom. The Balaban J connectivity index is 1.51. The van der Waals surface area contributed by atoms with Gasteiger partial charge in [0.25, 0.3) is 11.8 Å². The van der Waals surface area contributed by atoms with Crippen molar-refractivity contribution >= 4 is 46.7 Å². The van der Waals surface area contributed by atoms with Crippen molar-refractivity contribution in [1.29, 1.82) is 0 Å². The molecule has 1 heterocycles. The highest BCUT2D eigenvalue weighted by molar-refractivity contribution is 6.53. The molecule has 2 amide bonds.